The Labute approximate surface area is 135 Å². The molecule has 2 aliphatic heterocycles. The monoisotopic (exact) mass is 320 g/mol. The first-order valence-corrected chi connectivity index (χ1v) is 8.24. The van der Waals surface area contributed by atoms with Gasteiger partial charge in [-0.05, 0) is 31.6 Å². The minimum Gasteiger partial charge on any atom is -0.367 e. The van der Waals surface area contributed by atoms with Crippen molar-refractivity contribution in [2.24, 2.45) is 5.92 Å². The molecule has 23 heavy (non-hydrogen) atoms. The quantitative estimate of drug-likeness (QED) is 0.852. The number of anilines is 1. The maximum absolute atomic E-state index is 12.4. The fourth-order valence-corrected chi connectivity index (χ4v) is 3.79. The van der Waals surface area contributed by atoms with Gasteiger partial charge in [0.05, 0.1) is 0 Å². The highest BCUT2D eigenvalue weighted by Gasteiger charge is 2.36. The molecule has 2 saturated heterocycles. The van der Waals surface area contributed by atoms with Crippen molar-refractivity contribution in [3.63, 3.8) is 0 Å². The molecule has 126 valence electrons. The largest absolute Gasteiger partial charge is 0.367 e. The lowest BCUT2D eigenvalue weighted by Gasteiger charge is -2.38. The van der Waals surface area contributed by atoms with Crippen LogP contribution in [0.1, 0.15) is 32.6 Å². The van der Waals surface area contributed by atoms with Crippen LogP contribution < -0.4 is 5.73 Å². The lowest BCUT2D eigenvalue weighted by atomic mass is 9.89. The summed E-state index contributed by atoms with van der Waals surface area (Å²) in [5.41, 5.74) is 5.47. The van der Waals surface area contributed by atoms with Gasteiger partial charge in [0.25, 0.3) is 0 Å². The molecule has 3 heterocycles. The first-order valence-electron chi connectivity index (χ1n) is 8.24. The molecule has 0 aromatic carbocycles. The number of amides is 2. The molecule has 2 unspecified atom stereocenters. The number of hydrogen-bond acceptors (Lipinski definition) is 5. The highest BCUT2D eigenvalue weighted by atomic mass is 16.2. The summed E-state index contributed by atoms with van der Waals surface area (Å²) < 4.78 is 1.47. The van der Waals surface area contributed by atoms with Crippen molar-refractivity contribution in [2.75, 3.05) is 25.4 Å². The van der Waals surface area contributed by atoms with E-state index < -0.39 is 0 Å². The van der Waals surface area contributed by atoms with Gasteiger partial charge in [0.15, 0.2) is 0 Å². The third kappa shape index (κ3) is 3.46. The van der Waals surface area contributed by atoms with Crippen LogP contribution in [0.25, 0.3) is 0 Å². The van der Waals surface area contributed by atoms with E-state index in [0.717, 1.165) is 45.3 Å². The predicted octanol–water partition coefficient (Wildman–Crippen LogP) is 0.110. The third-order valence-electron chi connectivity index (χ3n) is 4.93. The number of likely N-dealkylation sites (tertiary alicyclic amines) is 2. The number of aromatic nitrogens is 3. The number of carbonyl (C=O) groups excluding carboxylic acids is 2. The molecule has 1 aromatic rings. The molecule has 2 aliphatic rings. The Morgan fingerprint density at radius 3 is 2.83 bits per heavy atom. The first-order chi connectivity index (χ1) is 11.0. The van der Waals surface area contributed by atoms with Gasteiger partial charge in [0.2, 0.25) is 17.8 Å². The standard InChI is InChI=1S/C15H24N6O2/c1-11(22)21-6-3-2-4-13(21)12-5-7-19(8-12)14(23)9-20-10-17-15(16)18-20/h10,12-13H,2-9H2,1H3,(H2,16,18). The Kier molecular flexibility index (Phi) is 4.49. The van der Waals surface area contributed by atoms with Crippen LogP contribution in [0.15, 0.2) is 6.33 Å². The highest BCUT2D eigenvalue weighted by molar-refractivity contribution is 5.76. The average molecular weight is 320 g/mol. The van der Waals surface area contributed by atoms with Crippen LogP contribution in [-0.4, -0.2) is 62.1 Å². The summed E-state index contributed by atoms with van der Waals surface area (Å²) >= 11 is 0. The van der Waals surface area contributed by atoms with Crippen molar-refractivity contribution in [2.45, 2.75) is 45.2 Å². The van der Waals surface area contributed by atoms with Crippen molar-refractivity contribution in [1.29, 1.82) is 0 Å². The van der Waals surface area contributed by atoms with E-state index in [-0.39, 0.29) is 30.3 Å². The molecule has 2 N–H and O–H groups in total. The zero-order valence-electron chi connectivity index (χ0n) is 13.5. The van der Waals surface area contributed by atoms with Crippen molar-refractivity contribution >= 4 is 17.8 Å². The molecule has 2 atom stereocenters. The zero-order chi connectivity index (χ0) is 16.4. The van der Waals surface area contributed by atoms with E-state index in [4.69, 9.17) is 5.73 Å². The Hall–Kier alpha value is -2.12. The summed E-state index contributed by atoms with van der Waals surface area (Å²) in [5.74, 6) is 0.737. The molecular weight excluding hydrogens is 296 g/mol. The first kappa shape index (κ1) is 15.8. The van der Waals surface area contributed by atoms with Crippen LogP contribution in [0.3, 0.4) is 0 Å². The molecule has 0 bridgehead atoms. The SMILES string of the molecule is CC(=O)N1CCCCC1C1CCN(C(=O)Cn2cnc(N)n2)C1. The second kappa shape index (κ2) is 6.55. The number of nitrogens with zero attached hydrogens (tertiary/aromatic N) is 5. The lowest BCUT2D eigenvalue weighted by molar-refractivity contribution is -0.133. The molecule has 0 spiro atoms. The number of piperidine rings is 1. The summed E-state index contributed by atoms with van der Waals surface area (Å²) in [6.07, 6.45) is 5.72. The number of rotatable bonds is 3. The molecule has 2 amide bonds. The Balaban J connectivity index is 1.59. The summed E-state index contributed by atoms with van der Waals surface area (Å²) in [4.78, 5) is 31.9. The van der Waals surface area contributed by atoms with Gasteiger partial charge >= 0.3 is 0 Å². The molecular formula is C15H24N6O2. The van der Waals surface area contributed by atoms with E-state index >= 15 is 0 Å². The Morgan fingerprint density at radius 1 is 1.30 bits per heavy atom. The van der Waals surface area contributed by atoms with E-state index in [1.165, 1.54) is 11.0 Å². The molecule has 0 radical (unpaired) electrons. The summed E-state index contributed by atoms with van der Waals surface area (Å²) in [6.45, 7) is 4.12. The van der Waals surface area contributed by atoms with Crippen molar-refractivity contribution in [1.82, 2.24) is 24.6 Å². The van der Waals surface area contributed by atoms with Gasteiger partial charge < -0.3 is 15.5 Å². The van der Waals surface area contributed by atoms with Crippen molar-refractivity contribution < 1.29 is 9.59 Å². The van der Waals surface area contributed by atoms with Crippen molar-refractivity contribution in [3.8, 4) is 0 Å². The van der Waals surface area contributed by atoms with Crippen molar-refractivity contribution in [3.05, 3.63) is 6.33 Å². The van der Waals surface area contributed by atoms with Crippen LogP contribution >= 0.6 is 0 Å². The van der Waals surface area contributed by atoms with Gasteiger partial charge in [-0.3, -0.25) is 9.59 Å². The van der Waals surface area contributed by atoms with E-state index in [1.807, 2.05) is 9.80 Å². The molecule has 8 heteroatoms. The third-order valence-corrected chi connectivity index (χ3v) is 4.93. The number of nitrogens with two attached hydrogens (primary N) is 1. The van der Waals surface area contributed by atoms with E-state index in [9.17, 15) is 9.59 Å². The second-order valence-corrected chi connectivity index (χ2v) is 6.46. The van der Waals surface area contributed by atoms with E-state index in [1.54, 1.807) is 6.92 Å². The van der Waals surface area contributed by atoms with Crippen LogP contribution in [0, 0.1) is 5.92 Å². The summed E-state index contributed by atoms with van der Waals surface area (Å²) in [6, 6.07) is 0.279. The predicted molar refractivity (Wildman–Crippen MR) is 84.1 cm³/mol. The Morgan fingerprint density at radius 2 is 2.13 bits per heavy atom. The van der Waals surface area contributed by atoms with E-state index in [0.29, 0.717) is 5.92 Å². The minimum atomic E-state index is 0.0302. The fourth-order valence-electron chi connectivity index (χ4n) is 3.79. The maximum Gasteiger partial charge on any atom is 0.244 e. The van der Waals surface area contributed by atoms with Crippen LogP contribution in [-0.2, 0) is 16.1 Å². The smallest absolute Gasteiger partial charge is 0.244 e. The van der Waals surface area contributed by atoms with Crippen LogP contribution in [0.4, 0.5) is 5.95 Å². The number of carbonyl (C=O) groups is 2. The molecule has 0 saturated carbocycles. The van der Waals surface area contributed by atoms with Gasteiger partial charge in [-0.1, -0.05) is 0 Å². The molecule has 2 fully saturated rings. The fraction of sp³-hybridized carbons (Fsp3) is 0.733. The van der Waals surface area contributed by atoms with E-state index in [2.05, 4.69) is 10.1 Å². The summed E-state index contributed by atoms with van der Waals surface area (Å²) in [7, 11) is 0. The summed E-state index contributed by atoms with van der Waals surface area (Å²) in [5, 5.41) is 3.95. The Bertz CT molecular complexity index is 586. The minimum absolute atomic E-state index is 0.0302. The number of nitrogen functional groups attached to an aromatic ring is 1. The van der Waals surface area contributed by atoms with Gasteiger partial charge in [-0.15, -0.1) is 5.10 Å². The van der Waals surface area contributed by atoms with Crippen LogP contribution in [0.5, 0.6) is 0 Å². The molecule has 0 aliphatic carbocycles. The van der Waals surface area contributed by atoms with Gasteiger partial charge in [0.1, 0.15) is 12.9 Å². The molecule has 1 aromatic heterocycles. The topological polar surface area (TPSA) is 97.4 Å². The molecule has 8 nitrogen and oxygen atoms in total. The van der Waals surface area contributed by atoms with Gasteiger partial charge in [0, 0.05) is 32.6 Å². The molecule has 3 rings (SSSR count). The number of hydrogen-bond donors (Lipinski definition) is 1. The average Bonchev–Trinajstić information content (AvgIpc) is 3.16. The second-order valence-electron chi connectivity index (χ2n) is 6.46. The highest BCUT2D eigenvalue weighted by Crippen LogP contribution is 2.30. The van der Waals surface area contributed by atoms with Gasteiger partial charge in [-0.25, -0.2) is 9.67 Å². The maximum atomic E-state index is 12.4. The normalized spacial score (nSPS) is 24.9. The zero-order valence-corrected chi connectivity index (χ0v) is 13.5. The van der Waals surface area contributed by atoms with Gasteiger partial charge in [-0.2, -0.15) is 0 Å². The lowest BCUT2D eigenvalue weighted by Crippen LogP contribution is -2.47. The van der Waals surface area contributed by atoms with Crippen LogP contribution in [0.2, 0.25) is 0 Å².